The first-order chi connectivity index (χ1) is 12.8. The van der Waals surface area contributed by atoms with Gasteiger partial charge in [-0.25, -0.2) is 8.42 Å². The van der Waals surface area contributed by atoms with Crippen LogP contribution in [0.25, 0.3) is 0 Å². The molecule has 1 aromatic carbocycles. The molecule has 144 valence electrons. The maximum absolute atomic E-state index is 13.5. The van der Waals surface area contributed by atoms with Crippen LogP contribution < -0.4 is 0 Å². The van der Waals surface area contributed by atoms with Crippen LogP contribution in [0, 0.1) is 18.3 Å². The highest BCUT2D eigenvalue weighted by atomic mass is 35.5. The van der Waals surface area contributed by atoms with Gasteiger partial charge in [-0.1, -0.05) is 35.2 Å². The van der Waals surface area contributed by atoms with E-state index in [2.05, 4.69) is 12.5 Å². The van der Waals surface area contributed by atoms with Crippen LogP contribution in [0.4, 0.5) is 0 Å². The second-order valence-corrected chi connectivity index (χ2v) is 9.49. The summed E-state index contributed by atoms with van der Waals surface area (Å²) in [6, 6.07) is 3.03. The third-order valence-electron chi connectivity index (χ3n) is 5.13. The standard InChI is InChI=1S/C19H20Cl2N2O3S/c1-3-8-22-12-13(4-2)17-6-5-7-18(19(22)24)23(17)27(25,26)16-10-14(20)9-15(21)11-16/h1,4,9-11,13,17-18H,2,5-8,12H2/t13-,17-,18+/m1/s1. The molecule has 0 unspecified atom stereocenters. The molecular formula is C19H20Cl2N2O3S. The van der Waals surface area contributed by atoms with Gasteiger partial charge in [0.2, 0.25) is 15.9 Å². The lowest BCUT2D eigenvalue weighted by atomic mass is 9.90. The fourth-order valence-corrected chi connectivity index (χ4v) is 6.55. The lowest BCUT2D eigenvalue weighted by Crippen LogP contribution is -2.54. The van der Waals surface area contributed by atoms with E-state index >= 15 is 0 Å². The van der Waals surface area contributed by atoms with Gasteiger partial charge in [-0.15, -0.1) is 13.0 Å². The highest BCUT2D eigenvalue weighted by Crippen LogP contribution is 2.38. The SMILES string of the molecule is C#CCN1C[C@@H](C=C)[C@H]2CCC[C@@H](C1=O)N2S(=O)(=O)c1cc(Cl)cc(Cl)c1. The summed E-state index contributed by atoms with van der Waals surface area (Å²) in [6.07, 6.45) is 8.99. The minimum Gasteiger partial charge on any atom is -0.330 e. The van der Waals surface area contributed by atoms with Crippen molar-refractivity contribution >= 4 is 39.1 Å². The van der Waals surface area contributed by atoms with Gasteiger partial charge in [0.05, 0.1) is 11.4 Å². The number of hydrogen-bond donors (Lipinski definition) is 0. The van der Waals surface area contributed by atoms with Crippen molar-refractivity contribution in [1.29, 1.82) is 0 Å². The predicted octanol–water partition coefficient (Wildman–Crippen LogP) is 3.18. The molecular weight excluding hydrogens is 407 g/mol. The summed E-state index contributed by atoms with van der Waals surface area (Å²) in [5, 5.41) is 0.447. The van der Waals surface area contributed by atoms with Crippen LogP contribution in [0.2, 0.25) is 10.0 Å². The highest BCUT2D eigenvalue weighted by molar-refractivity contribution is 7.89. The number of fused-ring (bicyclic) bond motifs is 2. The molecule has 27 heavy (non-hydrogen) atoms. The average molecular weight is 427 g/mol. The van der Waals surface area contributed by atoms with Gasteiger partial charge in [0.15, 0.2) is 0 Å². The summed E-state index contributed by atoms with van der Waals surface area (Å²) < 4.78 is 28.3. The smallest absolute Gasteiger partial charge is 0.244 e. The Morgan fingerprint density at radius 2 is 1.93 bits per heavy atom. The molecule has 0 aliphatic carbocycles. The van der Waals surface area contributed by atoms with Crippen molar-refractivity contribution in [3.8, 4) is 12.3 Å². The van der Waals surface area contributed by atoms with E-state index in [0.717, 1.165) is 6.42 Å². The minimum atomic E-state index is -3.99. The Balaban J connectivity index is 2.13. The van der Waals surface area contributed by atoms with E-state index in [1.807, 2.05) is 0 Å². The fraction of sp³-hybridized carbons (Fsp3) is 0.421. The molecule has 2 aliphatic rings. The number of sulfonamides is 1. The number of hydrogen-bond acceptors (Lipinski definition) is 3. The van der Waals surface area contributed by atoms with Gasteiger partial charge < -0.3 is 4.90 Å². The Morgan fingerprint density at radius 3 is 2.52 bits per heavy atom. The average Bonchev–Trinajstić information content (AvgIpc) is 2.68. The van der Waals surface area contributed by atoms with Crippen LogP contribution in [-0.2, 0) is 14.8 Å². The number of carbonyl (C=O) groups excluding carboxylic acids is 1. The Bertz CT molecular complexity index is 890. The Morgan fingerprint density at radius 1 is 1.26 bits per heavy atom. The summed E-state index contributed by atoms with van der Waals surface area (Å²) in [6.45, 7) is 4.36. The molecule has 3 rings (SSSR count). The quantitative estimate of drug-likeness (QED) is 0.548. The molecule has 2 heterocycles. The molecule has 1 amide bonds. The fourth-order valence-electron chi connectivity index (χ4n) is 3.95. The minimum absolute atomic E-state index is 0.0158. The largest absolute Gasteiger partial charge is 0.330 e. The van der Waals surface area contributed by atoms with Crippen LogP contribution in [0.5, 0.6) is 0 Å². The van der Waals surface area contributed by atoms with Crippen molar-refractivity contribution in [3.05, 3.63) is 40.9 Å². The van der Waals surface area contributed by atoms with Gasteiger partial charge in [0, 0.05) is 28.5 Å². The molecule has 5 nitrogen and oxygen atoms in total. The van der Waals surface area contributed by atoms with E-state index in [0.29, 0.717) is 19.4 Å². The summed E-state index contributed by atoms with van der Waals surface area (Å²) in [4.78, 5) is 14.6. The Labute approximate surface area is 170 Å². The summed E-state index contributed by atoms with van der Waals surface area (Å²) in [5.41, 5.74) is 0. The van der Waals surface area contributed by atoms with Crippen molar-refractivity contribution in [2.45, 2.75) is 36.2 Å². The normalized spacial score (nSPS) is 26.3. The van der Waals surface area contributed by atoms with E-state index in [4.69, 9.17) is 29.6 Å². The van der Waals surface area contributed by atoms with E-state index in [1.165, 1.54) is 22.5 Å². The number of amides is 1. The van der Waals surface area contributed by atoms with Crippen molar-refractivity contribution in [1.82, 2.24) is 9.21 Å². The van der Waals surface area contributed by atoms with Gasteiger partial charge in [-0.3, -0.25) is 4.79 Å². The summed E-state index contributed by atoms with van der Waals surface area (Å²) in [5.74, 6) is 2.01. The molecule has 8 heteroatoms. The van der Waals surface area contributed by atoms with Crippen LogP contribution in [0.3, 0.4) is 0 Å². The number of rotatable bonds is 4. The highest BCUT2D eigenvalue weighted by Gasteiger charge is 2.49. The van der Waals surface area contributed by atoms with Crippen LogP contribution >= 0.6 is 23.2 Å². The lowest BCUT2D eigenvalue weighted by Gasteiger charge is -2.40. The van der Waals surface area contributed by atoms with E-state index in [9.17, 15) is 13.2 Å². The maximum atomic E-state index is 13.5. The van der Waals surface area contributed by atoms with Crippen molar-refractivity contribution in [2.24, 2.45) is 5.92 Å². The number of halogens is 2. The summed E-state index contributed by atoms with van der Waals surface area (Å²) >= 11 is 12.0. The molecule has 2 aliphatic heterocycles. The number of nitrogens with zero attached hydrogens (tertiary/aromatic N) is 2. The van der Waals surface area contributed by atoms with Crippen LogP contribution in [0.15, 0.2) is 35.7 Å². The molecule has 1 aromatic rings. The first-order valence-electron chi connectivity index (χ1n) is 8.64. The second kappa shape index (κ2) is 7.84. The van der Waals surface area contributed by atoms with Crippen LogP contribution in [0.1, 0.15) is 19.3 Å². The second-order valence-electron chi connectivity index (χ2n) is 6.78. The Hall–Kier alpha value is -1.52. The molecule has 0 N–H and O–H groups in total. The Kier molecular flexibility index (Phi) is 5.87. The number of carbonyl (C=O) groups is 1. The third kappa shape index (κ3) is 3.74. The first kappa shape index (κ1) is 20.2. The number of terminal acetylenes is 1. The van der Waals surface area contributed by atoms with Gasteiger partial charge in [0.1, 0.15) is 6.04 Å². The molecule has 3 atom stereocenters. The monoisotopic (exact) mass is 426 g/mol. The van der Waals surface area contributed by atoms with E-state index < -0.39 is 16.1 Å². The van der Waals surface area contributed by atoms with E-state index in [1.54, 1.807) is 11.0 Å². The van der Waals surface area contributed by atoms with Crippen LogP contribution in [-0.4, -0.2) is 48.7 Å². The topological polar surface area (TPSA) is 57.7 Å². The number of benzene rings is 1. The molecule has 0 saturated carbocycles. The molecule has 2 bridgehead atoms. The van der Waals surface area contributed by atoms with Gasteiger partial charge in [-0.2, -0.15) is 4.31 Å². The number of piperidine rings is 1. The summed E-state index contributed by atoms with van der Waals surface area (Å²) in [7, 11) is -3.99. The third-order valence-corrected chi connectivity index (χ3v) is 7.48. The van der Waals surface area contributed by atoms with Crippen molar-refractivity contribution in [2.75, 3.05) is 13.1 Å². The van der Waals surface area contributed by atoms with Gasteiger partial charge >= 0.3 is 0 Å². The zero-order chi connectivity index (χ0) is 19.8. The first-order valence-corrected chi connectivity index (χ1v) is 10.8. The predicted molar refractivity (Wildman–Crippen MR) is 106 cm³/mol. The van der Waals surface area contributed by atoms with Gasteiger partial charge in [-0.05, 0) is 37.5 Å². The molecule has 0 spiro atoms. The van der Waals surface area contributed by atoms with E-state index in [-0.39, 0.29) is 39.4 Å². The zero-order valence-electron chi connectivity index (χ0n) is 14.6. The maximum Gasteiger partial charge on any atom is 0.244 e. The molecule has 0 radical (unpaired) electrons. The molecule has 0 aromatic heterocycles. The zero-order valence-corrected chi connectivity index (χ0v) is 17.0. The van der Waals surface area contributed by atoms with Crippen molar-refractivity contribution < 1.29 is 13.2 Å². The molecule has 2 fully saturated rings. The van der Waals surface area contributed by atoms with Gasteiger partial charge in [0.25, 0.3) is 0 Å². The molecule has 2 saturated heterocycles. The lowest BCUT2D eigenvalue weighted by molar-refractivity contribution is -0.134. The van der Waals surface area contributed by atoms with Crippen molar-refractivity contribution in [3.63, 3.8) is 0 Å².